The second kappa shape index (κ2) is 15.5. The Labute approximate surface area is 294 Å². The van der Waals surface area contributed by atoms with E-state index in [1.165, 1.54) is 6.92 Å². The van der Waals surface area contributed by atoms with Gasteiger partial charge >= 0.3 is 0 Å². The number of nitrogens with one attached hydrogen (secondary N) is 2. The minimum atomic E-state index is -1.79. The van der Waals surface area contributed by atoms with Crippen molar-refractivity contribution in [1.82, 2.24) is 4.90 Å². The van der Waals surface area contributed by atoms with Crippen LogP contribution in [0.25, 0.3) is 0 Å². The molecule has 0 spiro atoms. The van der Waals surface area contributed by atoms with Gasteiger partial charge in [-0.3, -0.25) is 19.2 Å². The Hall–Kier alpha value is -4.70. The first-order chi connectivity index (χ1) is 23.8. The molecule has 0 radical (unpaired) electrons. The molecule has 1 aliphatic heterocycles. The summed E-state index contributed by atoms with van der Waals surface area (Å²) in [4.78, 5) is 57.2. The third-order valence-electron chi connectivity index (χ3n) is 9.85. The third-order valence-corrected chi connectivity index (χ3v) is 9.85. The molecule has 266 valence electrons. The zero-order valence-electron chi connectivity index (χ0n) is 29.9. The van der Waals surface area contributed by atoms with E-state index in [0.717, 1.165) is 41.5 Å². The highest BCUT2D eigenvalue weighted by Gasteiger charge is 2.56. The molecule has 0 bridgehead atoms. The smallest absolute Gasteiger partial charge is 0.260 e. The predicted octanol–water partition coefficient (Wildman–Crippen LogP) is 6.03. The number of hydrogen-bond acceptors (Lipinski definition) is 7. The van der Waals surface area contributed by atoms with Gasteiger partial charge in [-0.25, -0.2) is 0 Å². The summed E-state index contributed by atoms with van der Waals surface area (Å²) in [6, 6.07) is 16.3. The summed E-state index contributed by atoms with van der Waals surface area (Å²) < 4.78 is 11.9. The number of aryl methyl sites for hydroxylation is 4. The summed E-state index contributed by atoms with van der Waals surface area (Å²) >= 11 is 0. The van der Waals surface area contributed by atoms with Crippen LogP contribution in [0.3, 0.4) is 0 Å². The number of rotatable bonds is 10. The Kier molecular flexibility index (Phi) is 11.3. The number of ether oxygens (including phenoxy) is 2. The Bertz CT molecular complexity index is 1760. The Morgan fingerprint density at radius 1 is 0.820 bits per heavy atom. The topological polar surface area (TPSA) is 134 Å². The van der Waals surface area contributed by atoms with Crippen molar-refractivity contribution in [3.63, 3.8) is 0 Å². The van der Waals surface area contributed by atoms with E-state index >= 15 is 0 Å². The van der Waals surface area contributed by atoms with Crippen LogP contribution in [0.2, 0.25) is 0 Å². The standard InChI is InChI=1S/C40H49N3O7/c1-7-49-33-21-28(15-16-32(33)50-23-34(45)43-17-9-8-10-18-43)35-36(38(46)41-29-19-24(2)11-13-26(29)4)31(44)22-40(6,48)37(35)39(47)42-30-20-25(3)12-14-27(30)5/h11-16,19-21,35-37,48H,7-10,17-18,22-23H2,1-6H3,(H,41,46)(H,42,47). The lowest BCUT2D eigenvalue weighted by molar-refractivity contribution is -0.151. The minimum absolute atomic E-state index is 0.114. The van der Waals surface area contributed by atoms with Crippen LogP contribution < -0.4 is 20.1 Å². The first-order valence-corrected chi connectivity index (χ1v) is 17.5. The van der Waals surface area contributed by atoms with Gasteiger partial charge in [-0.1, -0.05) is 30.3 Å². The van der Waals surface area contributed by atoms with E-state index < -0.39 is 47.4 Å². The SMILES string of the molecule is CCOc1cc(C2C(C(=O)Nc3cc(C)ccc3C)C(=O)CC(C)(O)C2C(=O)Nc2cc(C)ccc2C)ccc1OCC(=O)N1CCCCC1. The molecule has 1 saturated carbocycles. The molecular weight excluding hydrogens is 634 g/mol. The van der Waals surface area contributed by atoms with Crippen LogP contribution in [0.5, 0.6) is 11.5 Å². The van der Waals surface area contributed by atoms with Gasteiger partial charge in [0.1, 0.15) is 11.7 Å². The van der Waals surface area contributed by atoms with Crippen LogP contribution >= 0.6 is 0 Å². The van der Waals surface area contributed by atoms with E-state index in [2.05, 4.69) is 10.6 Å². The Balaban J connectivity index is 1.56. The number of ketones is 1. The van der Waals surface area contributed by atoms with Crippen molar-refractivity contribution in [2.24, 2.45) is 11.8 Å². The first-order valence-electron chi connectivity index (χ1n) is 17.5. The van der Waals surface area contributed by atoms with Crippen molar-refractivity contribution in [3.8, 4) is 11.5 Å². The van der Waals surface area contributed by atoms with Gasteiger partial charge in [0.15, 0.2) is 18.1 Å². The van der Waals surface area contributed by atoms with Crippen molar-refractivity contribution in [3.05, 3.63) is 82.4 Å². The van der Waals surface area contributed by atoms with Crippen LogP contribution in [0, 0.1) is 39.5 Å². The van der Waals surface area contributed by atoms with Crippen molar-refractivity contribution < 1.29 is 33.8 Å². The molecule has 4 unspecified atom stereocenters. The largest absolute Gasteiger partial charge is 0.490 e. The van der Waals surface area contributed by atoms with Gasteiger partial charge in [0.05, 0.1) is 18.1 Å². The Morgan fingerprint density at radius 3 is 2.02 bits per heavy atom. The number of aliphatic hydroxyl groups is 1. The summed E-state index contributed by atoms with van der Waals surface area (Å²) in [5.41, 5.74) is 3.31. The maximum Gasteiger partial charge on any atom is 0.260 e. The highest BCUT2D eigenvalue weighted by atomic mass is 16.5. The fourth-order valence-electron chi connectivity index (χ4n) is 7.15. The van der Waals surface area contributed by atoms with Gasteiger partial charge in [-0.05, 0) is 113 Å². The van der Waals surface area contributed by atoms with Gasteiger partial charge in [0, 0.05) is 36.8 Å². The van der Waals surface area contributed by atoms with E-state index in [1.807, 2.05) is 71.0 Å². The average molecular weight is 684 g/mol. The van der Waals surface area contributed by atoms with Crippen molar-refractivity contribution >= 4 is 34.9 Å². The number of carbonyl (C=O) groups excluding carboxylic acids is 4. The maximum atomic E-state index is 14.4. The molecule has 1 aliphatic carbocycles. The van der Waals surface area contributed by atoms with Gasteiger partial charge in [0.2, 0.25) is 11.8 Å². The molecule has 10 heteroatoms. The molecule has 1 saturated heterocycles. The van der Waals surface area contributed by atoms with E-state index in [1.54, 1.807) is 23.1 Å². The zero-order valence-corrected chi connectivity index (χ0v) is 29.9. The second-order valence-electron chi connectivity index (χ2n) is 14.0. The number of benzene rings is 3. The molecule has 3 amide bonds. The number of nitrogens with zero attached hydrogens (tertiary/aromatic N) is 1. The quantitative estimate of drug-likeness (QED) is 0.222. The molecule has 0 aromatic heterocycles. The summed E-state index contributed by atoms with van der Waals surface area (Å²) in [7, 11) is 0. The highest BCUT2D eigenvalue weighted by Crippen LogP contribution is 2.48. The van der Waals surface area contributed by atoms with Crippen LogP contribution in [0.15, 0.2) is 54.6 Å². The highest BCUT2D eigenvalue weighted by molar-refractivity contribution is 6.10. The number of anilines is 2. The molecular formula is C40H49N3O7. The van der Waals surface area contributed by atoms with E-state index in [-0.39, 0.29) is 19.1 Å². The van der Waals surface area contributed by atoms with Gasteiger partial charge in [0.25, 0.3) is 5.91 Å². The molecule has 2 fully saturated rings. The molecule has 3 aromatic rings. The predicted molar refractivity (Wildman–Crippen MR) is 193 cm³/mol. The molecule has 4 atom stereocenters. The number of piperidine rings is 1. The summed E-state index contributed by atoms with van der Waals surface area (Å²) in [5, 5.41) is 17.8. The average Bonchev–Trinajstić information content (AvgIpc) is 3.07. The monoisotopic (exact) mass is 683 g/mol. The summed E-state index contributed by atoms with van der Waals surface area (Å²) in [6.45, 7) is 12.3. The molecule has 50 heavy (non-hydrogen) atoms. The van der Waals surface area contributed by atoms with Gasteiger partial charge < -0.3 is 30.1 Å². The Morgan fingerprint density at radius 2 is 1.42 bits per heavy atom. The summed E-state index contributed by atoms with van der Waals surface area (Å²) in [6.07, 6.45) is 2.64. The van der Waals surface area contributed by atoms with Crippen LogP contribution in [0.1, 0.15) is 73.3 Å². The number of hydrogen-bond donors (Lipinski definition) is 3. The fourth-order valence-corrected chi connectivity index (χ4v) is 7.15. The van der Waals surface area contributed by atoms with E-state index in [4.69, 9.17) is 9.47 Å². The van der Waals surface area contributed by atoms with Gasteiger partial charge in [-0.2, -0.15) is 0 Å². The van der Waals surface area contributed by atoms with Crippen LogP contribution in [-0.4, -0.2) is 65.4 Å². The summed E-state index contributed by atoms with van der Waals surface area (Å²) in [5.74, 6) is -4.66. The van der Waals surface area contributed by atoms with Gasteiger partial charge in [-0.15, -0.1) is 0 Å². The number of Topliss-reactive ketones (excluding diaryl/α,β-unsaturated/α-hetero) is 1. The zero-order chi connectivity index (χ0) is 36.2. The van der Waals surface area contributed by atoms with Crippen LogP contribution in [0.4, 0.5) is 11.4 Å². The molecule has 1 heterocycles. The number of amides is 3. The van der Waals surface area contributed by atoms with Crippen molar-refractivity contribution in [1.29, 1.82) is 0 Å². The lowest BCUT2D eigenvalue weighted by atomic mass is 9.61. The number of carbonyl (C=O) groups is 4. The molecule has 2 aliphatic rings. The lowest BCUT2D eigenvalue weighted by Crippen LogP contribution is -2.56. The lowest BCUT2D eigenvalue weighted by Gasteiger charge is -2.44. The number of likely N-dealkylation sites (tertiary alicyclic amines) is 1. The van der Waals surface area contributed by atoms with E-state index in [0.29, 0.717) is 41.5 Å². The molecule has 3 N–H and O–H groups in total. The van der Waals surface area contributed by atoms with E-state index in [9.17, 15) is 24.3 Å². The third kappa shape index (κ3) is 8.18. The second-order valence-corrected chi connectivity index (χ2v) is 14.0. The fraction of sp³-hybridized carbons (Fsp3) is 0.450. The van der Waals surface area contributed by atoms with Crippen molar-refractivity contribution in [2.75, 3.05) is 36.9 Å². The maximum absolute atomic E-state index is 14.4. The van der Waals surface area contributed by atoms with Crippen molar-refractivity contribution in [2.45, 2.75) is 78.7 Å². The van der Waals surface area contributed by atoms with Crippen LogP contribution in [-0.2, 0) is 19.2 Å². The normalized spacial score (nSPS) is 22.1. The molecule has 10 nitrogen and oxygen atoms in total. The molecule has 3 aromatic carbocycles. The minimum Gasteiger partial charge on any atom is -0.490 e. The first kappa shape index (κ1) is 36.6. The molecule has 5 rings (SSSR count).